The highest BCUT2D eigenvalue weighted by Gasteiger charge is 2.26. The molecule has 0 saturated carbocycles. The van der Waals surface area contributed by atoms with Gasteiger partial charge >= 0.3 is 12.1 Å². The van der Waals surface area contributed by atoms with Crippen LogP contribution < -0.4 is 5.32 Å². The number of alkyl carbamates (subject to hydrolysis) is 1. The highest BCUT2D eigenvalue weighted by molar-refractivity contribution is 8.00. The van der Waals surface area contributed by atoms with E-state index in [1.54, 1.807) is 0 Å². The van der Waals surface area contributed by atoms with Gasteiger partial charge < -0.3 is 14.8 Å². The molecule has 0 aromatic heterocycles. The third-order valence-corrected chi connectivity index (χ3v) is 3.25. The van der Waals surface area contributed by atoms with Crippen molar-refractivity contribution in [2.75, 3.05) is 18.9 Å². The summed E-state index contributed by atoms with van der Waals surface area (Å²) < 4.78 is 9.92. The maximum Gasteiger partial charge on any atom is 0.407 e. The van der Waals surface area contributed by atoms with E-state index in [2.05, 4.69) is 5.32 Å². The Morgan fingerprint density at radius 2 is 2.29 bits per heavy atom. The van der Waals surface area contributed by atoms with Crippen molar-refractivity contribution >= 4 is 23.8 Å². The predicted octanol–water partition coefficient (Wildman–Crippen LogP) is 1.56. The summed E-state index contributed by atoms with van der Waals surface area (Å²) in [6.45, 7) is 6.45. The van der Waals surface area contributed by atoms with Crippen molar-refractivity contribution in [1.82, 2.24) is 5.32 Å². The maximum absolute atomic E-state index is 11.3. The number of thioether (sulfide) groups is 1. The predicted molar refractivity (Wildman–Crippen MR) is 66.1 cm³/mol. The van der Waals surface area contributed by atoms with E-state index in [1.165, 1.54) is 11.8 Å². The molecule has 17 heavy (non-hydrogen) atoms. The first kappa shape index (κ1) is 14.2. The molecule has 5 nitrogen and oxygen atoms in total. The SMILES string of the molecule is CC(C)(C)OC(=O)NCCSC1CCOC1=O. The molecule has 0 aliphatic carbocycles. The fourth-order valence-corrected chi connectivity index (χ4v) is 2.27. The van der Waals surface area contributed by atoms with Crippen LogP contribution in [0, 0.1) is 0 Å². The molecule has 1 amide bonds. The Labute approximate surface area is 106 Å². The number of ether oxygens (including phenoxy) is 2. The Hall–Kier alpha value is -0.910. The summed E-state index contributed by atoms with van der Waals surface area (Å²) in [6, 6.07) is 0. The van der Waals surface area contributed by atoms with E-state index in [0.29, 0.717) is 18.9 Å². The van der Waals surface area contributed by atoms with Crippen molar-refractivity contribution in [1.29, 1.82) is 0 Å². The van der Waals surface area contributed by atoms with Crippen molar-refractivity contribution in [2.45, 2.75) is 38.0 Å². The van der Waals surface area contributed by atoms with Crippen molar-refractivity contribution < 1.29 is 19.1 Å². The van der Waals surface area contributed by atoms with E-state index >= 15 is 0 Å². The van der Waals surface area contributed by atoms with Crippen LogP contribution in [0.3, 0.4) is 0 Å². The summed E-state index contributed by atoms with van der Waals surface area (Å²) >= 11 is 1.51. The van der Waals surface area contributed by atoms with Gasteiger partial charge in [-0.1, -0.05) is 0 Å². The van der Waals surface area contributed by atoms with E-state index in [4.69, 9.17) is 9.47 Å². The molecule has 1 N–H and O–H groups in total. The van der Waals surface area contributed by atoms with Crippen LogP contribution in [0.4, 0.5) is 4.79 Å². The lowest BCUT2D eigenvalue weighted by Crippen LogP contribution is -2.33. The summed E-state index contributed by atoms with van der Waals surface area (Å²) in [4.78, 5) is 22.4. The van der Waals surface area contributed by atoms with Gasteiger partial charge in [-0.05, 0) is 20.8 Å². The Morgan fingerprint density at radius 3 is 2.82 bits per heavy atom. The minimum atomic E-state index is -0.480. The fraction of sp³-hybridized carbons (Fsp3) is 0.818. The smallest absolute Gasteiger partial charge is 0.407 e. The molecule has 0 spiro atoms. The van der Waals surface area contributed by atoms with Crippen LogP contribution in [-0.4, -0.2) is 41.8 Å². The van der Waals surface area contributed by atoms with Crippen LogP contribution in [-0.2, 0) is 14.3 Å². The summed E-state index contributed by atoms with van der Waals surface area (Å²) in [5, 5.41) is 2.57. The monoisotopic (exact) mass is 261 g/mol. The highest BCUT2D eigenvalue weighted by atomic mass is 32.2. The molecule has 0 aromatic rings. The summed E-state index contributed by atoms with van der Waals surface area (Å²) in [6.07, 6.45) is 0.336. The second kappa shape index (κ2) is 6.14. The van der Waals surface area contributed by atoms with Gasteiger partial charge in [0.15, 0.2) is 0 Å². The van der Waals surface area contributed by atoms with Gasteiger partial charge in [-0.2, -0.15) is 0 Å². The van der Waals surface area contributed by atoms with E-state index in [-0.39, 0.29) is 11.2 Å². The molecule has 1 fully saturated rings. The molecule has 6 heteroatoms. The lowest BCUT2D eigenvalue weighted by Gasteiger charge is -2.19. The normalized spacial score (nSPS) is 19.9. The average molecular weight is 261 g/mol. The van der Waals surface area contributed by atoms with Gasteiger partial charge in [0.1, 0.15) is 10.9 Å². The lowest BCUT2D eigenvalue weighted by molar-refractivity contribution is -0.137. The molecule has 1 aliphatic rings. The minimum absolute atomic E-state index is 0.0737. The van der Waals surface area contributed by atoms with E-state index in [1.807, 2.05) is 20.8 Å². The fourth-order valence-electron chi connectivity index (χ4n) is 1.30. The van der Waals surface area contributed by atoms with Crippen LogP contribution in [0.25, 0.3) is 0 Å². The van der Waals surface area contributed by atoms with Crippen LogP contribution >= 0.6 is 11.8 Å². The molecule has 1 rings (SSSR count). The number of carbonyl (C=O) groups is 2. The van der Waals surface area contributed by atoms with Crippen LogP contribution in [0.1, 0.15) is 27.2 Å². The number of rotatable bonds is 4. The van der Waals surface area contributed by atoms with Gasteiger partial charge in [-0.3, -0.25) is 4.79 Å². The van der Waals surface area contributed by atoms with Crippen LogP contribution in [0.15, 0.2) is 0 Å². The van der Waals surface area contributed by atoms with Crippen molar-refractivity contribution in [3.05, 3.63) is 0 Å². The molecule has 1 atom stereocenters. The lowest BCUT2D eigenvalue weighted by atomic mass is 10.2. The molecular formula is C11H19NO4S. The molecule has 1 unspecified atom stereocenters. The summed E-state index contributed by atoms with van der Waals surface area (Å²) in [7, 11) is 0. The second-order valence-corrected chi connectivity index (χ2v) is 6.05. The van der Waals surface area contributed by atoms with Gasteiger partial charge in [0.05, 0.1) is 6.61 Å². The third-order valence-electron chi connectivity index (χ3n) is 1.98. The molecule has 0 aromatic carbocycles. The first-order valence-electron chi connectivity index (χ1n) is 5.63. The molecule has 1 saturated heterocycles. The molecular weight excluding hydrogens is 242 g/mol. The van der Waals surface area contributed by atoms with Crippen LogP contribution in [0.2, 0.25) is 0 Å². The van der Waals surface area contributed by atoms with Gasteiger partial charge in [0.25, 0.3) is 0 Å². The average Bonchev–Trinajstić information content (AvgIpc) is 2.56. The number of carbonyl (C=O) groups excluding carboxylic acids is 2. The van der Waals surface area contributed by atoms with Gasteiger partial charge in [0.2, 0.25) is 0 Å². The standard InChI is InChI=1S/C11H19NO4S/c1-11(2,3)16-10(14)12-5-7-17-8-4-6-15-9(8)13/h8H,4-7H2,1-3H3,(H,12,14). The number of amides is 1. The first-order valence-corrected chi connectivity index (χ1v) is 6.68. The molecule has 0 radical (unpaired) electrons. The number of cyclic esters (lactones) is 1. The highest BCUT2D eigenvalue weighted by Crippen LogP contribution is 2.20. The molecule has 1 aliphatic heterocycles. The van der Waals surface area contributed by atoms with Crippen LogP contribution in [0.5, 0.6) is 0 Å². The molecule has 98 valence electrons. The number of hydrogen-bond donors (Lipinski definition) is 1. The number of esters is 1. The zero-order valence-corrected chi connectivity index (χ0v) is 11.3. The van der Waals surface area contributed by atoms with E-state index in [9.17, 15) is 9.59 Å². The van der Waals surface area contributed by atoms with Gasteiger partial charge in [-0.25, -0.2) is 4.79 Å². The van der Waals surface area contributed by atoms with Crippen molar-refractivity contribution in [2.24, 2.45) is 0 Å². The Bertz CT molecular complexity index is 288. The van der Waals surface area contributed by atoms with E-state index < -0.39 is 11.7 Å². The topological polar surface area (TPSA) is 64.6 Å². The number of hydrogen-bond acceptors (Lipinski definition) is 5. The van der Waals surface area contributed by atoms with E-state index in [0.717, 1.165) is 6.42 Å². The summed E-state index contributed by atoms with van der Waals surface area (Å²) in [5.74, 6) is 0.534. The zero-order valence-electron chi connectivity index (χ0n) is 10.4. The maximum atomic E-state index is 11.3. The van der Waals surface area contributed by atoms with Crippen molar-refractivity contribution in [3.8, 4) is 0 Å². The largest absolute Gasteiger partial charge is 0.465 e. The minimum Gasteiger partial charge on any atom is -0.465 e. The Balaban J connectivity index is 2.08. The molecule has 0 bridgehead atoms. The quantitative estimate of drug-likeness (QED) is 0.614. The summed E-state index contributed by atoms with van der Waals surface area (Å²) in [5.41, 5.74) is -0.480. The van der Waals surface area contributed by atoms with Gasteiger partial charge in [0, 0.05) is 18.7 Å². The third kappa shape index (κ3) is 5.81. The zero-order chi connectivity index (χ0) is 12.9. The van der Waals surface area contributed by atoms with Crippen molar-refractivity contribution in [3.63, 3.8) is 0 Å². The second-order valence-electron chi connectivity index (χ2n) is 4.74. The number of nitrogens with one attached hydrogen (secondary N) is 1. The molecule has 1 heterocycles. The Morgan fingerprint density at radius 1 is 1.59 bits per heavy atom. The first-order chi connectivity index (χ1) is 7.88. The van der Waals surface area contributed by atoms with Gasteiger partial charge in [-0.15, -0.1) is 11.8 Å². The Kier molecular flexibility index (Phi) is 5.11.